The van der Waals surface area contributed by atoms with Gasteiger partial charge >= 0.3 is 6.09 Å². The monoisotopic (exact) mass is 400 g/mol. The summed E-state index contributed by atoms with van der Waals surface area (Å²) < 4.78 is 11.5. The molecule has 1 saturated heterocycles. The fourth-order valence-electron chi connectivity index (χ4n) is 3.71. The summed E-state index contributed by atoms with van der Waals surface area (Å²) in [6.07, 6.45) is 6.04. The molecular weight excluding hydrogens is 368 g/mol. The van der Waals surface area contributed by atoms with Crippen LogP contribution in [0, 0.1) is 0 Å². The standard InChI is InChI=1S/C23H32N2O4/c1-16(26)24-18-9-7-17(8-10-18)23(13-14-23)12-11-19-15-28-22(5,6)25(19)20(27)29-21(2,3)4/h7-12,19H,13-15H2,1-6H3,(H,24,26)/t19-/m0/s1. The Morgan fingerprint density at radius 1 is 1.21 bits per heavy atom. The molecule has 0 aromatic heterocycles. The SMILES string of the molecule is CC(=O)Nc1ccc(C2(C=C[C@H]3COC(C)(C)N3C(=O)OC(C)(C)C)CC2)cc1. The van der Waals surface area contributed by atoms with Crippen molar-refractivity contribution in [3.8, 4) is 0 Å². The van der Waals surface area contributed by atoms with Gasteiger partial charge in [0.05, 0.1) is 12.6 Å². The highest BCUT2D eigenvalue weighted by Gasteiger charge is 2.46. The molecule has 0 radical (unpaired) electrons. The molecule has 1 atom stereocenters. The molecule has 158 valence electrons. The van der Waals surface area contributed by atoms with E-state index in [-0.39, 0.29) is 23.5 Å². The summed E-state index contributed by atoms with van der Waals surface area (Å²) in [5.41, 5.74) is 0.722. The van der Waals surface area contributed by atoms with Crippen LogP contribution in [0.15, 0.2) is 36.4 Å². The predicted molar refractivity (Wildman–Crippen MR) is 113 cm³/mol. The van der Waals surface area contributed by atoms with E-state index in [2.05, 4.69) is 29.6 Å². The van der Waals surface area contributed by atoms with E-state index < -0.39 is 11.3 Å². The number of nitrogens with zero attached hydrogens (tertiary/aromatic N) is 1. The van der Waals surface area contributed by atoms with Crippen molar-refractivity contribution in [2.75, 3.05) is 11.9 Å². The average molecular weight is 401 g/mol. The third kappa shape index (κ3) is 4.99. The van der Waals surface area contributed by atoms with Crippen LogP contribution < -0.4 is 5.32 Å². The highest BCUT2D eigenvalue weighted by molar-refractivity contribution is 5.88. The molecule has 0 unspecified atom stereocenters. The highest BCUT2D eigenvalue weighted by atomic mass is 16.6. The van der Waals surface area contributed by atoms with Gasteiger partial charge in [-0.25, -0.2) is 4.79 Å². The molecule has 1 aliphatic heterocycles. The van der Waals surface area contributed by atoms with E-state index in [1.807, 2.05) is 46.8 Å². The summed E-state index contributed by atoms with van der Waals surface area (Å²) in [6.45, 7) is 11.3. The van der Waals surface area contributed by atoms with E-state index in [1.165, 1.54) is 12.5 Å². The summed E-state index contributed by atoms with van der Waals surface area (Å²) in [4.78, 5) is 25.7. The molecule has 1 aliphatic carbocycles. The molecular formula is C23H32N2O4. The van der Waals surface area contributed by atoms with Crippen LogP contribution in [0.4, 0.5) is 10.5 Å². The summed E-state index contributed by atoms with van der Waals surface area (Å²) in [7, 11) is 0. The number of ether oxygens (including phenoxy) is 2. The van der Waals surface area contributed by atoms with E-state index in [1.54, 1.807) is 4.90 Å². The molecule has 2 aliphatic rings. The molecule has 6 nitrogen and oxygen atoms in total. The minimum Gasteiger partial charge on any atom is -0.444 e. The van der Waals surface area contributed by atoms with Gasteiger partial charge in [0.25, 0.3) is 0 Å². The summed E-state index contributed by atoms with van der Waals surface area (Å²) in [6, 6.07) is 7.81. The number of carbonyl (C=O) groups excluding carboxylic acids is 2. The third-order valence-corrected chi connectivity index (χ3v) is 5.32. The van der Waals surface area contributed by atoms with Crippen molar-refractivity contribution in [3.63, 3.8) is 0 Å². The Labute approximate surface area is 173 Å². The van der Waals surface area contributed by atoms with Gasteiger partial charge in [0.2, 0.25) is 5.91 Å². The van der Waals surface area contributed by atoms with E-state index >= 15 is 0 Å². The molecule has 3 rings (SSSR count). The lowest BCUT2D eigenvalue weighted by atomic mass is 9.94. The summed E-state index contributed by atoms with van der Waals surface area (Å²) in [5, 5.41) is 2.79. The molecule has 1 saturated carbocycles. The Bertz CT molecular complexity index is 801. The van der Waals surface area contributed by atoms with Crippen LogP contribution >= 0.6 is 0 Å². The van der Waals surface area contributed by atoms with Crippen LogP contribution in [-0.2, 0) is 19.7 Å². The fourth-order valence-corrected chi connectivity index (χ4v) is 3.71. The minimum atomic E-state index is -0.714. The highest BCUT2D eigenvalue weighted by Crippen LogP contribution is 2.50. The van der Waals surface area contributed by atoms with Crippen molar-refractivity contribution in [3.05, 3.63) is 42.0 Å². The smallest absolute Gasteiger partial charge is 0.413 e. The van der Waals surface area contributed by atoms with E-state index in [4.69, 9.17) is 9.47 Å². The number of anilines is 1. The first-order chi connectivity index (χ1) is 13.4. The van der Waals surface area contributed by atoms with Gasteiger partial charge in [-0.1, -0.05) is 24.3 Å². The first-order valence-electron chi connectivity index (χ1n) is 10.2. The van der Waals surface area contributed by atoms with E-state index in [9.17, 15) is 9.59 Å². The zero-order chi connectivity index (χ0) is 21.4. The lowest BCUT2D eigenvalue weighted by molar-refractivity contribution is -0.114. The Morgan fingerprint density at radius 3 is 2.34 bits per heavy atom. The Hall–Kier alpha value is -2.34. The van der Waals surface area contributed by atoms with Crippen LogP contribution in [0.25, 0.3) is 0 Å². The third-order valence-electron chi connectivity index (χ3n) is 5.32. The molecule has 2 amide bonds. The fraction of sp³-hybridized carbons (Fsp3) is 0.565. The van der Waals surface area contributed by atoms with Crippen LogP contribution in [-0.4, -0.2) is 40.9 Å². The molecule has 2 fully saturated rings. The zero-order valence-corrected chi connectivity index (χ0v) is 18.2. The number of hydrogen-bond acceptors (Lipinski definition) is 4. The van der Waals surface area contributed by atoms with Crippen LogP contribution in [0.1, 0.15) is 59.9 Å². The number of hydrogen-bond donors (Lipinski definition) is 1. The van der Waals surface area contributed by atoms with E-state index in [0.29, 0.717) is 6.61 Å². The zero-order valence-electron chi connectivity index (χ0n) is 18.2. The maximum absolute atomic E-state index is 12.8. The number of nitrogens with one attached hydrogen (secondary N) is 1. The quantitative estimate of drug-likeness (QED) is 0.750. The van der Waals surface area contributed by atoms with Gasteiger partial charge < -0.3 is 14.8 Å². The molecule has 1 N–H and O–H groups in total. The van der Waals surface area contributed by atoms with Crippen molar-refractivity contribution in [1.29, 1.82) is 0 Å². The Kier molecular flexibility index (Phi) is 5.52. The second-order valence-electron chi connectivity index (χ2n) is 9.45. The maximum atomic E-state index is 12.8. The molecule has 6 heteroatoms. The lowest BCUT2D eigenvalue weighted by Crippen LogP contribution is -2.49. The number of carbonyl (C=O) groups is 2. The average Bonchev–Trinajstić information content (AvgIpc) is 3.30. The van der Waals surface area contributed by atoms with Gasteiger partial charge in [-0.15, -0.1) is 0 Å². The Balaban J connectivity index is 1.75. The normalized spacial score (nSPS) is 22.6. The topological polar surface area (TPSA) is 67.9 Å². The predicted octanol–water partition coefficient (Wildman–Crippen LogP) is 4.60. The van der Waals surface area contributed by atoms with Crippen molar-refractivity contribution in [2.24, 2.45) is 0 Å². The molecule has 0 bridgehead atoms. The number of benzene rings is 1. The first-order valence-corrected chi connectivity index (χ1v) is 10.2. The van der Waals surface area contributed by atoms with Gasteiger partial charge in [0, 0.05) is 18.0 Å². The number of rotatable bonds is 4. The lowest BCUT2D eigenvalue weighted by Gasteiger charge is -2.34. The van der Waals surface area contributed by atoms with Gasteiger partial charge in [-0.3, -0.25) is 9.69 Å². The van der Waals surface area contributed by atoms with Crippen LogP contribution in [0.5, 0.6) is 0 Å². The van der Waals surface area contributed by atoms with Crippen molar-refractivity contribution < 1.29 is 19.1 Å². The Morgan fingerprint density at radius 2 is 1.83 bits per heavy atom. The summed E-state index contributed by atoms with van der Waals surface area (Å²) >= 11 is 0. The van der Waals surface area contributed by atoms with Gasteiger partial charge in [-0.2, -0.15) is 0 Å². The second kappa shape index (κ2) is 7.48. The van der Waals surface area contributed by atoms with Crippen LogP contribution in [0.2, 0.25) is 0 Å². The summed E-state index contributed by atoms with van der Waals surface area (Å²) in [5.74, 6) is -0.0788. The minimum absolute atomic E-state index is 0.0128. The van der Waals surface area contributed by atoms with E-state index in [0.717, 1.165) is 18.5 Å². The van der Waals surface area contributed by atoms with Gasteiger partial charge in [0.15, 0.2) is 0 Å². The number of amides is 2. The second-order valence-corrected chi connectivity index (χ2v) is 9.45. The molecule has 1 heterocycles. The number of allylic oxidation sites excluding steroid dienone is 1. The van der Waals surface area contributed by atoms with Crippen molar-refractivity contribution in [2.45, 2.75) is 77.2 Å². The maximum Gasteiger partial charge on any atom is 0.413 e. The van der Waals surface area contributed by atoms with Crippen molar-refractivity contribution >= 4 is 17.7 Å². The molecule has 1 aromatic carbocycles. The largest absolute Gasteiger partial charge is 0.444 e. The van der Waals surface area contributed by atoms with Crippen molar-refractivity contribution in [1.82, 2.24) is 4.90 Å². The van der Waals surface area contributed by atoms with Crippen LogP contribution in [0.3, 0.4) is 0 Å². The molecule has 29 heavy (non-hydrogen) atoms. The first kappa shape index (κ1) is 21.4. The molecule has 0 spiro atoms. The van der Waals surface area contributed by atoms with Gasteiger partial charge in [0.1, 0.15) is 11.3 Å². The van der Waals surface area contributed by atoms with Gasteiger partial charge in [-0.05, 0) is 65.2 Å². The molecule has 1 aromatic rings.